The lowest BCUT2D eigenvalue weighted by molar-refractivity contribution is -0.113. The van der Waals surface area contributed by atoms with Crippen molar-refractivity contribution in [2.24, 2.45) is 5.41 Å². The molecule has 3 heteroatoms. The molecule has 0 radical (unpaired) electrons. The highest BCUT2D eigenvalue weighted by molar-refractivity contribution is 5.56. The molecule has 0 atom stereocenters. The highest BCUT2D eigenvalue weighted by Gasteiger charge is 2.04. The molecule has 0 fully saturated rings. The number of nitrogen functional groups attached to an aromatic ring is 2. The molecule has 0 spiro atoms. The minimum atomic E-state index is -0.139. The number of benzene rings is 2. The first-order chi connectivity index (χ1) is 9.80. The number of rotatable bonds is 2. The number of carbonyl (C=O) groups excluding carboxylic acids is 1. The molecule has 0 saturated heterocycles. The van der Waals surface area contributed by atoms with Crippen molar-refractivity contribution < 1.29 is 4.79 Å². The number of hydrogen-bond acceptors (Lipinski definition) is 3. The zero-order valence-electron chi connectivity index (χ0n) is 13.0. The molecule has 0 unspecified atom stereocenters. The fourth-order valence-electron chi connectivity index (χ4n) is 1.51. The molecule has 2 aromatic rings. The molecular formula is C18H24N2O. The summed E-state index contributed by atoms with van der Waals surface area (Å²) in [5, 5.41) is 0. The molecule has 0 amide bonds. The third-order valence-electron chi connectivity index (χ3n) is 2.72. The summed E-state index contributed by atoms with van der Waals surface area (Å²) in [6, 6.07) is 15.9. The number of anilines is 2. The van der Waals surface area contributed by atoms with Gasteiger partial charge in [0.05, 0.1) is 0 Å². The number of hydrogen-bond donors (Lipinski definition) is 2. The Bertz CT molecular complexity index is 508. The van der Waals surface area contributed by atoms with E-state index in [4.69, 9.17) is 11.5 Å². The third kappa shape index (κ3) is 7.16. The van der Waals surface area contributed by atoms with Gasteiger partial charge in [-0.1, -0.05) is 45.0 Å². The topological polar surface area (TPSA) is 69.1 Å². The van der Waals surface area contributed by atoms with Crippen LogP contribution in [0.1, 0.15) is 31.9 Å². The van der Waals surface area contributed by atoms with Crippen LogP contribution in [0.4, 0.5) is 11.4 Å². The molecule has 112 valence electrons. The summed E-state index contributed by atoms with van der Waals surface area (Å²) < 4.78 is 0. The Hall–Kier alpha value is -2.29. The Morgan fingerprint density at radius 3 is 1.33 bits per heavy atom. The lowest BCUT2D eigenvalue weighted by Crippen LogP contribution is -2.04. The first-order valence-electron chi connectivity index (χ1n) is 6.95. The molecule has 2 aromatic carbocycles. The van der Waals surface area contributed by atoms with E-state index in [1.807, 2.05) is 69.3 Å². The summed E-state index contributed by atoms with van der Waals surface area (Å²) in [4.78, 5) is 9.83. The number of nitrogens with two attached hydrogens (primary N) is 2. The summed E-state index contributed by atoms with van der Waals surface area (Å²) >= 11 is 0. The molecular weight excluding hydrogens is 260 g/mol. The zero-order chi connectivity index (χ0) is 15.9. The first-order valence-corrected chi connectivity index (χ1v) is 6.95. The Kier molecular flexibility index (Phi) is 5.97. The number of carbonyl (C=O) groups is 1. The van der Waals surface area contributed by atoms with Crippen molar-refractivity contribution in [3.63, 3.8) is 0 Å². The van der Waals surface area contributed by atoms with E-state index in [2.05, 4.69) is 0 Å². The van der Waals surface area contributed by atoms with Crippen LogP contribution in [0.15, 0.2) is 48.5 Å². The van der Waals surface area contributed by atoms with Crippen LogP contribution < -0.4 is 11.5 Å². The average Bonchev–Trinajstić information content (AvgIpc) is 2.44. The summed E-state index contributed by atoms with van der Waals surface area (Å²) in [6.45, 7) is 5.62. The van der Waals surface area contributed by atoms with Crippen LogP contribution in [0.25, 0.3) is 0 Å². The van der Waals surface area contributed by atoms with Crippen molar-refractivity contribution in [2.45, 2.75) is 27.2 Å². The van der Waals surface area contributed by atoms with Gasteiger partial charge in [-0.3, -0.25) is 0 Å². The minimum absolute atomic E-state index is 0.139. The van der Waals surface area contributed by atoms with Crippen molar-refractivity contribution in [3.05, 3.63) is 59.7 Å². The van der Waals surface area contributed by atoms with Crippen LogP contribution in [0.2, 0.25) is 0 Å². The second kappa shape index (κ2) is 7.48. The third-order valence-corrected chi connectivity index (χ3v) is 2.72. The van der Waals surface area contributed by atoms with E-state index in [1.165, 1.54) is 11.1 Å². The zero-order valence-corrected chi connectivity index (χ0v) is 13.0. The second-order valence-corrected chi connectivity index (χ2v) is 6.14. The maximum absolute atomic E-state index is 9.83. The van der Waals surface area contributed by atoms with Crippen LogP contribution >= 0.6 is 0 Å². The molecule has 0 aliphatic carbocycles. The normalized spacial score (nSPS) is 10.4. The van der Waals surface area contributed by atoms with Crippen molar-refractivity contribution in [1.29, 1.82) is 0 Å². The molecule has 3 nitrogen and oxygen atoms in total. The summed E-state index contributed by atoms with van der Waals surface area (Å²) in [5.74, 6) is 0. The van der Waals surface area contributed by atoms with Gasteiger partial charge < -0.3 is 16.3 Å². The highest BCUT2D eigenvalue weighted by Crippen LogP contribution is 2.13. The quantitative estimate of drug-likeness (QED) is 0.653. The van der Waals surface area contributed by atoms with Crippen molar-refractivity contribution in [3.8, 4) is 0 Å². The smallest absolute Gasteiger partial charge is 0.125 e. The lowest BCUT2D eigenvalue weighted by atomic mass is 10.0. The van der Waals surface area contributed by atoms with Gasteiger partial charge in [0.1, 0.15) is 6.29 Å². The van der Waals surface area contributed by atoms with Crippen molar-refractivity contribution in [2.75, 3.05) is 11.5 Å². The Morgan fingerprint density at radius 2 is 1.10 bits per heavy atom. The molecule has 0 aliphatic heterocycles. The molecule has 0 aromatic heterocycles. The summed E-state index contributed by atoms with van der Waals surface area (Å²) in [6.07, 6.45) is 1.85. The van der Waals surface area contributed by atoms with Crippen LogP contribution in [0.3, 0.4) is 0 Å². The van der Waals surface area contributed by atoms with Gasteiger partial charge in [-0.15, -0.1) is 0 Å². The van der Waals surface area contributed by atoms with E-state index >= 15 is 0 Å². The Labute approximate surface area is 127 Å². The van der Waals surface area contributed by atoms with E-state index in [1.54, 1.807) is 0 Å². The second-order valence-electron chi connectivity index (χ2n) is 6.14. The molecule has 0 aliphatic rings. The van der Waals surface area contributed by atoms with E-state index in [0.29, 0.717) is 0 Å². The van der Waals surface area contributed by atoms with Crippen LogP contribution in [0.5, 0.6) is 0 Å². The van der Waals surface area contributed by atoms with Gasteiger partial charge >= 0.3 is 0 Å². The Balaban J connectivity index is 0.000000315. The standard InChI is InChI=1S/C13H14N2.C5H10O/c14-12-5-1-10(2-6-12)9-11-3-7-13(15)8-4-11;1-5(2,3)4-6/h1-8H,9,14-15H2;4H,1-3H3. The predicted octanol–water partition coefficient (Wildman–Crippen LogP) is 3.67. The van der Waals surface area contributed by atoms with Gasteiger partial charge in [-0.05, 0) is 41.8 Å². The van der Waals surface area contributed by atoms with Crippen molar-refractivity contribution in [1.82, 2.24) is 0 Å². The van der Waals surface area contributed by atoms with Gasteiger partial charge in [-0.2, -0.15) is 0 Å². The average molecular weight is 284 g/mol. The maximum Gasteiger partial charge on any atom is 0.125 e. The Morgan fingerprint density at radius 1 is 0.810 bits per heavy atom. The minimum Gasteiger partial charge on any atom is -0.399 e. The van der Waals surface area contributed by atoms with E-state index in [-0.39, 0.29) is 5.41 Å². The molecule has 0 saturated carbocycles. The van der Waals surface area contributed by atoms with Crippen LogP contribution in [0, 0.1) is 5.41 Å². The van der Waals surface area contributed by atoms with Crippen LogP contribution in [-0.2, 0) is 11.2 Å². The van der Waals surface area contributed by atoms with Gasteiger partial charge in [0.25, 0.3) is 0 Å². The fraction of sp³-hybridized carbons (Fsp3) is 0.278. The molecule has 0 bridgehead atoms. The van der Waals surface area contributed by atoms with Gasteiger partial charge in [0.2, 0.25) is 0 Å². The molecule has 0 heterocycles. The predicted molar refractivity (Wildman–Crippen MR) is 90.0 cm³/mol. The van der Waals surface area contributed by atoms with Crippen LogP contribution in [-0.4, -0.2) is 6.29 Å². The fourth-order valence-corrected chi connectivity index (χ4v) is 1.51. The van der Waals surface area contributed by atoms with Crippen molar-refractivity contribution >= 4 is 17.7 Å². The van der Waals surface area contributed by atoms with Gasteiger partial charge in [-0.25, -0.2) is 0 Å². The molecule has 2 rings (SSSR count). The number of aldehydes is 1. The highest BCUT2D eigenvalue weighted by atomic mass is 16.1. The van der Waals surface area contributed by atoms with E-state index in [9.17, 15) is 4.79 Å². The van der Waals surface area contributed by atoms with E-state index in [0.717, 1.165) is 24.1 Å². The monoisotopic (exact) mass is 284 g/mol. The summed E-state index contributed by atoms with van der Waals surface area (Å²) in [5.41, 5.74) is 15.2. The summed E-state index contributed by atoms with van der Waals surface area (Å²) in [7, 11) is 0. The van der Waals surface area contributed by atoms with Gasteiger partial charge in [0, 0.05) is 16.8 Å². The lowest BCUT2D eigenvalue weighted by Gasteiger charge is -2.03. The van der Waals surface area contributed by atoms with E-state index < -0.39 is 0 Å². The SMILES string of the molecule is CC(C)(C)C=O.Nc1ccc(Cc2ccc(N)cc2)cc1. The first kappa shape index (κ1) is 16.8. The van der Waals surface area contributed by atoms with Gasteiger partial charge in [0.15, 0.2) is 0 Å². The molecule has 21 heavy (non-hydrogen) atoms. The molecule has 4 N–H and O–H groups in total. The maximum atomic E-state index is 9.83. The largest absolute Gasteiger partial charge is 0.399 e.